The van der Waals surface area contributed by atoms with Crippen molar-refractivity contribution in [3.63, 3.8) is 0 Å². The van der Waals surface area contributed by atoms with Crippen LogP contribution < -0.4 is 5.32 Å². The molecule has 1 heterocycles. The average molecular weight is 295 g/mol. The molecule has 0 radical (unpaired) electrons. The van der Waals surface area contributed by atoms with Crippen molar-refractivity contribution in [1.82, 2.24) is 15.1 Å². The van der Waals surface area contributed by atoms with Crippen molar-refractivity contribution in [2.45, 2.75) is 71.0 Å². The lowest BCUT2D eigenvalue weighted by Gasteiger charge is -2.35. The van der Waals surface area contributed by atoms with Crippen LogP contribution in [0.25, 0.3) is 0 Å². The highest BCUT2D eigenvalue weighted by Gasteiger charge is 2.52. The average Bonchev–Trinajstić information content (AvgIpc) is 2.91. The summed E-state index contributed by atoms with van der Waals surface area (Å²) in [7, 11) is 4.21. The van der Waals surface area contributed by atoms with Crippen LogP contribution in [0.3, 0.4) is 0 Å². The Kier molecular flexibility index (Phi) is 4.99. The van der Waals surface area contributed by atoms with Gasteiger partial charge in [-0.15, -0.1) is 0 Å². The van der Waals surface area contributed by atoms with Gasteiger partial charge in [-0.1, -0.05) is 40.0 Å². The third-order valence-electron chi connectivity index (χ3n) is 4.85. The predicted octanol–water partition coefficient (Wildman–Crippen LogP) is 2.45. The molecular formula is C17H33N3O. The van der Waals surface area contributed by atoms with E-state index >= 15 is 0 Å². The van der Waals surface area contributed by atoms with E-state index in [9.17, 15) is 4.79 Å². The first-order chi connectivity index (χ1) is 9.80. The summed E-state index contributed by atoms with van der Waals surface area (Å²) in [6, 6.07) is 0. The SMILES string of the molecule is CCCC1NC2(CCCC2)C(=O)N1CC(C)(C)CN(C)C. The molecule has 1 saturated heterocycles. The van der Waals surface area contributed by atoms with Crippen LogP contribution in [0, 0.1) is 5.41 Å². The van der Waals surface area contributed by atoms with Gasteiger partial charge in [-0.3, -0.25) is 10.1 Å². The van der Waals surface area contributed by atoms with Crippen LogP contribution in [0.1, 0.15) is 59.3 Å². The van der Waals surface area contributed by atoms with Gasteiger partial charge < -0.3 is 9.80 Å². The molecule has 2 fully saturated rings. The molecule has 21 heavy (non-hydrogen) atoms. The zero-order valence-corrected chi connectivity index (χ0v) is 14.5. The number of carbonyl (C=O) groups is 1. The van der Waals surface area contributed by atoms with Gasteiger partial charge in [0.05, 0.1) is 11.7 Å². The van der Waals surface area contributed by atoms with Crippen LogP contribution in [0.15, 0.2) is 0 Å². The lowest BCUT2D eigenvalue weighted by atomic mass is 9.91. The zero-order valence-electron chi connectivity index (χ0n) is 14.5. The number of nitrogens with zero attached hydrogens (tertiary/aromatic N) is 2. The molecule has 1 saturated carbocycles. The van der Waals surface area contributed by atoms with Crippen molar-refractivity contribution in [3.8, 4) is 0 Å². The number of nitrogens with one attached hydrogen (secondary N) is 1. The van der Waals surface area contributed by atoms with E-state index in [-0.39, 0.29) is 17.1 Å². The first kappa shape index (κ1) is 16.8. The smallest absolute Gasteiger partial charge is 0.244 e. The second-order valence-electron chi connectivity index (χ2n) is 8.07. The van der Waals surface area contributed by atoms with Gasteiger partial charge >= 0.3 is 0 Å². The van der Waals surface area contributed by atoms with Crippen molar-refractivity contribution in [1.29, 1.82) is 0 Å². The van der Waals surface area contributed by atoms with Crippen LogP contribution in [0.4, 0.5) is 0 Å². The maximum Gasteiger partial charge on any atom is 0.244 e. The summed E-state index contributed by atoms with van der Waals surface area (Å²) < 4.78 is 0. The topological polar surface area (TPSA) is 35.6 Å². The molecule has 0 aromatic carbocycles. The van der Waals surface area contributed by atoms with Gasteiger partial charge in [0.2, 0.25) is 5.91 Å². The highest BCUT2D eigenvalue weighted by atomic mass is 16.2. The molecule has 122 valence electrons. The number of carbonyl (C=O) groups excluding carboxylic acids is 1. The predicted molar refractivity (Wildman–Crippen MR) is 87.1 cm³/mol. The van der Waals surface area contributed by atoms with Crippen LogP contribution >= 0.6 is 0 Å². The molecule has 1 spiro atoms. The van der Waals surface area contributed by atoms with E-state index in [1.54, 1.807) is 0 Å². The number of hydrogen-bond acceptors (Lipinski definition) is 3. The number of hydrogen-bond donors (Lipinski definition) is 1. The monoisotopic (exact) mass is 295 g/mol. The third kappa shape index (κ3) is 3.59. The van der Waals surface area contributed by atoms with Gasteiger partial charge in [-0.05, 0) is 38.8 Å². The van der Waals surface area contributed by atoms with Crippen LogP contribution in [0.2, 0.25) is 0 Å². The normalized spacial score (nSPS) is 25.5. The molecule has 1 atom stereocenters. The Hall–Kier alpha value is -0.610. The first-order valence-corrected chi connectivity index (χ1v) is 8.53. The lowest BCUT2D eigenvalue weighted by molar-refractivity contribution is -0.134. The van der Waals surface area contributed by atoms with Crippen LogP contribution in [-0.4, -0.2) is 54.6 Å². The fourth-order valence-electron chi connectivity index (χ4n) is 4.26. The fourth-order valence-corrected chi connectivity index (χ4v) is 4.26. The minimum atomic E-state index is -0.228. The number of rotatable bonds is 6. The summed E-state index contributed by atoms with van der Waals surface area (Å²) in [5.41, 5.74) is -0.106. The molecule has 1 aliphatic heterocycles. The van der Waals surface area contributed by atoms with Crippen LogP contribution in [-0.2, 0) is 4.79 Å². The summed E-state index contributed by atoms with van der Waals surface area (Å²) in [5, 5.41) is 3.71. The first-order valence-electron chi connectivity index (χ1n) is 8.53. The van der Waals surface area contributed by atoms with Gasteiger partial charge in [0.1, 0.15) is 0 Å². The Morgan fingerprint density at radius 1 is 1.33 bits per heavy atom. The van der Waals surface area contributed by atoms with Gasteiger partial charge in [0.15, 0.2) is 0 Å². The Morgan fingerprint density at radius 3 is 2.48 bits per heavy atom. The molecule has 1 aliphatic carbocycles. The van der Waals surface area contributed by atoms with Crippen molar-refractivity contribution in [2.75, 3.05) is 27.2 Å². The summed E-state index contributed by atoms with van der Waals surface area (Å²) in [6.07, 6.45) is 6.84. The van der Waals surface area contributed by atoms with Crippen LogP contribution in [0.5, 0.6) is 0 Å². The quantitative estimate of drug-likeness (QED) is 0.817. The van der Waals surface area contributed by atoms with Crippen molar-refractivity contribution in [2.24, 2.45) is 5.41 Å². The summed E-state index contributed by atoms with van der Waals surface area (Å²) in [6.45, 7) is 8.59. The summed E-state index contributed by atoms with van der Waals surface area (Å²) >= 11 is 0. The molecule has 4 nitrogen and oxygen atoms in total. The Labute approximate surface area is 130 Å². The maximum atomic E-state index is 13.0. The highest BCUT2D eigenvalue weighted by molar-refractivity contribution is 5.89. The third-order valence-corrected chi connectivity index (χ3v) is 4.85. The van der Waals surface area contributed by atoms with Gasteiger partial charge in [-0.2, -0.15) is 0 Å². The second-order valence-corrected chi connectivity index (χ2v) is 8.07. The molecule has 0 bridgehead atoms. The largest absolute Gasteiger partial charge is 0.325 e. The lowest BCUT2D eigenvalue weighted by Crippen LogP contribution is -2.46. The van der Waals surface area contributed by atoms with E-state index in [1.165, 1.54) is 12.8 Å². The standard InChI is InChI=1S/C17H33N3O/c1-6-9-14-18-17(10-7-8-11-17)15(21)20(14)13-16(2,3)12-19(4)5/h14,18H,6-13H2,1-5H3. The van der Waals surface area contributed by atoms with E-state index in [2.05, 4.69) is 50.0 Å². The molecule has 0 aromatic heterocycles. The molecule has 2 aliphatic rings. The molecular weight excluding hydrogens is 262 g/mol. The molecule has 0 aromatic rings. The molecule has 2 rings (SSSR count). The van der Waals surface area contributed by atoms with E-state index in [1.807, 2.05) is 0 Å². The van der Waals surface area contributed by atoms with E-state index in [4.69, 9.17) is 0 Å². The van der Waals surface area contributed by atoms with Gasteiger partial charge in [0.25, 0.3) is 0 Å². The van der Waals surface area contributed by atoms with Gasteiger partial charge in [0, 0.05) is 13.1 Å². The molecule has 1 amide bonds. The Balaban J connectivity index is 2.13. The van der Waals surface area contributed by atoms with E-state index < -0.39 is 0 Å². The van der Waals surface area contributed by atoms with Crippen molar-refractivity contribution < 1.29 is 4.79 Å². The Bertz CT molecular complexity index is 372. The van der Waals surface area contributed by atoms with Crippen molar-refractivity contribution >= 4 is 5.91 Å². The minimum Gasteiger partial charge on any atom is -0.325 e. The molecule has 1 N–H and O–H groups in total. The summed E-state index contributed by atoms with van der Waals surface area (Å²) in [5.74, 6) is 0.366. The fraction of sp³-hybridized carbons (Fsp3) is 0.941. The Morgan fingerprint density at radius 2 is 1.95 bits per heavy atom. The summed E-state index contributed by atoms with van der Waals surface area (Å²) in [4.78, 5) is 17.4. The minimum absolute atomic E-state index is 0.122. The van der Waals surface area contributed by atoms with E-state index in [0.717, 1.165) is 38.8 Å². The molecule has 1 unspecified atom stereocenters. The second kappa shape index (κ2) is 6.25. The van der Waals surface area contributed by atoms with E-state index in [0.29, 0.717) is 5.91 Å². The molecule has 4 heteroatoms. The zero-order chi connectivity index (χ0) is 15.7. The highest BCUT2D eigenvalue weighted by Crippen LogP contribution is 2.38. The maximum absolute atomic E-state index is 13.0. The van der Waals surface area contributed by atoms with Gasteiger partial charge in [-0.25, -0.2) is 0 Å². The number of amides is 1. The van der Waals surface area contributed by atoms with Crippen molar-refractivity contribution in [3.05, 3.63) is 0 Å².